The second kappa shape index (κ2) is 6.10. The highest BCUT2D eigenvalue weighted by Gasteiger charge is 2.28. The van der Waals surface area contributed by atoms with E-state index in [0.29, 0.717) is 17.1 Å². The van der Waals surface area contributed by atoms with Crippen LogP contribution in [0.5, 0.6) is 0 Å². The fourth-order valence-electron chi connectivity index (χ4n) is 2.17. The number of carbonyl (C=O) groups excluding carboxylic acids is 1. The van der Waals surface area contributed by atoms with Gasteiger partial charge >= 0.3 is 0 Å². The van der Waals surface area contributed by atoms with Crippen LogP contribution in [0, 0.1) is 0 Å². The van der Waals surface area contributed by atoms with Crippen molar-refractivity contribution in [2.45, 2.75) is 18.6 Å². The number of amides is 1. The average Bonchev–Trinajstić information content (AvgIpc) is 2.77. The average molecular weight is 311 g/mol. The molecule has 0 radical (unpaired) electrons. The van der Waals surface area contributed by atoms with Gasteiger partial charge in [-0.2, -0.15) is 11.8 Å². The second-order valence-electron chi connectivity index (χ2n) is 5.40. The van der Waals surface area contributed by atoms with Crippen molar-refractivity contribution in [2.24, 2.45) is 0 Å². The number of rotatable bonds is 4. The van der Waals surface area contributed by atoms with Gasteiger partial charge < -0.3 is 16.0 Å². The van der Waals surface area contributed by atoms with E-state index in [4.69, 9.17) is 5.73 Å². The number of nitrogens with one attached hydrogen (secondary N) is 1. The largest absolute Gasteiger partial charge is 0.397 e. The first-order chi connectivity index (χ1) is 9.43. The van der Waals surface area contributed by atoms with Gasteiger partial charge in [-0.15, -0.1) is 17.9 Å². The van der Waals surface area contributed by atoms with Crippen LogP contribution >= 0.6 is 23.1 Å². The lowest BCUT2D eigenvalue weighted by molar-refractivity contribution is 0.0963. The molecular formula is C14H21N3OS2. The van der Waals surface area contributed by atoms with Gasteiger partial charge in [-0.1, -0.05) is 6.08 Å². The van der Waals surface area contributed by atoms with Crippen molar-refractivity contribution in [2.75, 3.05) is 36.0 Å². The first-order valence-electron chi connectivity index (χ1n) is 6.60. The zero-order valence-corrected chi connectivity index (χ0v) is 13.6. The van der Waals surface area contributed by atoms with Gasteiger partial charge in [0, 0.05) is 30.1 Å². The third-order valence-corrected chi connectivity index (χ3v) is 5.61. The predicted octanol–water partition coefficient (Wildman–Crippen LogP) is 2.58. The summed E-state index contributed by atoms with van der Waals surface area (Å²) in [7, 11) is 0. The molecule has 0 saturated carbocycles. The maximum absolute atomic E-state index is 12.0. The van der Waals surface area contributed by atoms with Gasteiger partial charge in [-0.25, -0.2) is 0 Å². The van der Waals surface area contributed by atoms with Crippen LogP contribution in [0.15, 0.2) is 18.7 Å². The molecule has 0 unspecified atom stereocenters. The van der Waals surface area contributed by atoms with Crippen LogP contribution in [0.4, 0.5) is 10.7 Å². The summed E-state index contributed by atoms with van der Waals surface area (Å²) in [5.41, 5.74) is 6.54. The van der Waals surface area contributed by atoms with Gasteiger partial charge in [0.05, 0.1) is 10.7 Å². The van der Waals surface area contributed by atoms with E-state index in [1.54, 1.807) is 6.08 Å². The molecule has 0 aromatic carbocycles. The Morgan fingerprint density at radius 3 is 3.05 bits per heavy atom. The standard InChI is InChI=1S/C14H21N3OS2/c1-4-5-16-13(18)12-10(15)8-11(20-12)17-6-7-19-14(2,3)9-17/h4,8H,1,5-7,9,15H2,2-3H3,(H,16,18). The van der Waals surface area contributed by atoms with Crippen molar-refractivity contribution in [3.8, 4) is 0 Å². The van der Waals surface area contributed by atoms with E-state index >= 15 is 0 Å². The molecule has 1 aromatic rings. The van der Waals surface area contributed by atoms with Crippen LogP contribution in [0.3, 0.4) is 0 Å². The van der Waals surface area contributed by atoms with E-state index in [2.05, 4.69) is 30.6 Å². The molecule has 0 aliphatic carbocycles. The van der Waals surface area contributed by atoms with Crippen molar-refractivity contribution >= 4 is 39.7 Å². The summed E-state index contributed by atoms with van der Waals surface area (Å²) >= 11 is 3.46. The minimum atomic E-state index is -0.121. The fourth-order valence-corrected chi connectivity index (χ4v) is 4.31. The monoisotopic (exact) mass is 311 g/mol. The molecule has 20 heavy (non-hydrogen) atoms. The zero-order chi connectivity index (χ0) is 14.8. The van der Waals surface area contributed by atoms with Crippen LogP contribution in [0.1, 0.15) is 23.5 Å². The molecule has 1 aromatic heterocycles. The topological polar surface area (TPSA) is 58.4 Å². The minimum Gasteiger partial charge on any atom is -0.397 e. The number of hydrogen-bond acceptors (Lipinski definition) is 5. The van der Waals surface area contributed by atoms with Crippen molar-refractivity contribution in [1.82, 2.24) is 5.32 Å². The maximum atomic E-state index is 12.0. The van der Waals surface area contributed by atoms with Crippen LogP contribution in [-0.2, 0) is 0 Å². The first-order valence-corrected chi connectivity index (χ1v) is 8.40. The quantitative estimate of drug-likeness (QED) is 0.839. The normalized spacial score (nSPS) is 17.8. The molecule has 1 aliphatic rings. The van der Waals surface area contributed by atoms with Crippen molar-refractivity contribution in [3.05, 3.63) is 23.6 Å². The predicted molar refractivity (Wildman–Crippen MR) is 90.0 cm³/mol. The lowest BCUT2D eigenvalue weighted by Gasteiger charge is -2.38. The third kappa shape index (κ3) is 3.49. The smallest absolute Gasteiger partial charge is 0.263 e. The third-order valence-electron chi connectivity index (χ3n) is 3.10. The summed E-state index contributed by atoms with van der Waals surface area (Å²) in [4.78, 5) is 14.9. The van der Waals surface area contributed by atoms with E-state index < -0.39 is 0 Å². The SMILES string of the molecule is C=CCNC(=O)c1sc(N2CCSC(C)(C)C2)cc1N. The van der Waals surface area contributed by atoms with Crippen molar-refractivity contribution in [1.29, 1.82) is 0 Å². The molecule has 1 aliphatic heterocycles. The van der Waals surface area contributed by atoms with Crippen LogP contribution in [0.25, 0.3) is 0 Å². The number of hydrogen-bond donors (Lipinski definition) is 2. The fraction of sp³-hybridized carbons (Fsp3) is 0.500. The molecule has 4 nitrogen and oxygen atoms in total. The van der Waals surface area contributed by atoms with E-state index in [1.807, 2.05) is 17.8 Å². The molecule has 1 saturated heterocycles. The Hall–Kier alpha value is -1.14. The highest BCUT2D eigenvalue weighted by Crippen LogP contribution is 2.37. The van der Waals surface area contributed by atoms with Crippen LogP contribution in [-0.4, -0.2) is 36.0 Å². The number of nitrogens with zero attached hydrogens (tertiary/aromatic N) is 1. The van der Waals surface area contributed by atoms with E-state index in [1.165, 1.54) is 11.3 Å². The number of thioether (sulfide) groups is 1. The summed E-state index contributed by atoms with van der Waals surface area (Å²) < 4.78 is 0.238. The molecule has 1 fully saturated rings. The Labute approximate surface area is 128 Å². The Balaban J connectivity index is 2.14. The van der Waals surface area contributed by atoms with Gasteiger partial charge in [-0.05, 0) is 19.9 Å². The van der Waals surface area contributed by atoms with Gasteiger partial charge in [-0.3, -0.25) is 4.79 Å². The summed E-state index contributed by atoms with van der Waals surface area (Å²) in [5, 5.41) is 3.86. The highest BCUT2D eigenvalue weighted by atomic mass is 32.2. The van der Waals surface area contributed by atoms with Gasteiger partial charge in [0.1, 0.15) is 4.88 Å². The molecule has 0 spiro atoms. The van der Waals surface area contributed by atoms with Crippen LogP contribution in [0.2, 0.25) is 0 Å². The molecule has 6 heteroatoms. The molecule has 2 heterocycles. The Morgan fingerprint density at radius 1 is 1.65 bits per heavy atom. The molecule has 1 amide bonds. The summed E-state index contributed by atoms with van der Waals surface area (Å²) in [6, 6.07) is 1.92. The molecule has 110 valence electrons. The Kier molecular flexibility index (Phi) is 4.65. The van der Waals surface area contributed by atoms with E-state index in [9.17, 15) is 4.79 Å². The number of anilines is 2. The Morgan fingerprint density at radius 2 is 2.40 bits per heavy atom. The Bertz CT molecular complexity index is 511. The van der Waals surface area contributed by atoms with Gasteiger partial charge in [0.15, 0.2) is 0 Å². The lowest BCUT2D eigenvalue weighted by atomic mass is 10.2. The van der Waals surface area contributed by atoms with Crippen molar-refractivity contribution < 1.29 is 4.79 Å². The second-order valence-corrected chi connectivity index (χ2v) is 8.23. The first kappa shape index (κ1) is 15.3. The summed E-state index contributed by atoms with van der Waals surface area (Å²) in [5.74, 6) is 0.979. The summed E-state index contributed by atoms with van der Waals surface area (Å²) in [6.07, 6.45) is 1.66. The minimum absolute atomic E-state index is 0.121. The number of nitrogen functional groups attached to an aromatic ring is 1. The number of nitrogens with two attached hydrogens (primary N) is 1. The van der Waals surface area contributed by atoms with E-state index in [-0.39, 0.29) is 10.7 Å². The van der Waals surface area contributed by atoms with Gasteiger partial charge in [0.25, 0.3) is 5.91 Å². The maximum Gasteiger partial charge on any atom is 0.263 e. The molecular weight excluding hydrogens is 290 g/mol. The number of carbonyl (C=O) groups is 1. The van der Waals surface area contributed by atoms with E-state index in [0.717, 1.165) is 23.8 Å². The lowest BCUT2D eigenvalue weighted by Crippen LogP contribution is -2.42. The molecule has 3 N–H and O–H groups in total. The van der Waals surface area contributed by atoms with Crippen LogP contribution < -0.4 is 16.0 Å². The number of thiophene rings is 1. The molecule has 0 bridgehead atoms. The molecule has 0 atom stereocenters. The highest BCUT2D eigenvalue weighted by molar-refractivity contribution is 8.00. The molecule has 2 rings (SSSR count). The summed E-state index contributed by atoms with van der Waals surface area (Å²) in [6.45, 7) is 10.5. The zero-order valence-electron chi connectivity index (χ0n) is 11.9. The van der Waals surface area contributed by atoms with Crippen molar-refractivity contribution in [3.63, 3.8) is 0 Å². The van der Waals surface area contributed by atoms with Gasteiger partial charge in [0.2, 0.25) is 0 Å².